The summed E-state index contributed by atoms with van der Waals surface area (Å²) in [5.41, 5.74) is 0.560. The summed E-state index contributed by atoms with van der Waals surface area (Å²) in [7, 11) is 1.55. The molecule has 0 unspecified atom stereocenters. The molecule has 1 aromatic carbocycles. The van der Waals surface area contributed by atoms with Crippen LogP contribution >= 0.6 is 0 Å². The molecule has 4 heteroatoms. The van der Waals surface area contributed by atoms with Crippen molar-refractivity contribution in [3.8, 4) is 11.5 Å². The Morgan fingerprint density at radius 2 is 1.95 bits per heavy atom. The molecule has 0 fully saturated rings. The topological polar surface area (TPSA) is 48.4 Å². The SMILES string of the molecule is COc1cccc(C=O)c1OC(C)(C)c1ccccn1. The lowest BCUT2D eigenvalue weighted by molar-refractivity contribution is 0.0952. The number of para-hydroxylation sites is 1. The molecule has 2 rings (SSSR count). The van der Waals surface area contributed by atoms with E-state index in [4.69, 9.17) is 9.47 Å². The molecule has 2 aromatic rings. The summed E-state index contributed by atoms with van der Waals surface area (Å²) in [5, 5.41) is 0. The molecule has 0 aliphatic heterocycles. The van der Waals surface area contributed by atoms with Gasteiger partial charge in [-0.2, -0.15) is 0 Å². The van der Waals surface area contributed by atoms with E-state index in [0.29, 0.717) is 17.1 Å². The second-order valence-electron chi connectivity index (χ2n) is 4.82. The highest BCUT2D eigenvalue weighted by Crippen LogP contribution is 2.35. The molecule has 1 heterocycles. The molecule has 0 radical (unpaired) electrons. The number of benzene rings is 1. The third-order valence-corrected chi connectivity index (χ3v) is 3.00. The number of carbonyl (C=O) groups excluding carboxylic acids is 1. The number of aldehydes is 1. The molecular formula is C16H17NO3. The standard InChI is InChI=1S/C16H17NO3/c1-16(2,14-9-4-5-10-17-14)20-15-12(11-18)7-6-8-13(15)19-3/h4-11H,1-3H3. The minimum Gasteiger partial charge on any atom is -0.493 e. The Bertz CT molecular complexity index is 594. The molecule has 1 aromatic heterocycles. The lowest BCUT2D eigenvalue weighted by Crippen LogP contribution is -2.27. The van der Waals surface area contributed by atoms with Gasteiger partial charge in [0.25, 0.3) is 0 Å². The third-order valence-electron chi connectivity index (χ3n) is 3.00. The molecule has 4 nitrogen and oxygen atoms in total. The normalized spacial score (nSPS) is 10.9. The number of methoxy groups -OCH3 is 1. The Hall–Kier alpha value is -2.36. The number of nitrogens with zero attached hydrogens (tertiary/aromatic N) is 1. The summed E-state index contributed by atoms with van der Waals surface area (Å²) in [6, 6.07) is 10.8. The fourth-order valence-electron chi connectivity index (χ4n) is 1.92. The minimum absolute atomic E-state index is 0.431. The Kier molecular flexibility index (Phi) is 4.03. The van der Waals surface area contributed by atoms with E-state index in [1.807, 2.05) is 32.0 Å². The van der Waals surface area contributed by atoms with Crippen LogP contribution in [0.5, 0.6) is 11.5 Å². The van der Waals surface area contributed by atoms with E-state index in [1.54, 1.807) is 31.5 Å². The summed E-state index contributed by atoms with van der Waals surface area (Å²) >= 11 is 0. The van der Waals surface area contributed by atoms with Crippen molar-refractivity contribution in [2.75, 3.05) is 7.11 Å². The highest BCUT2D eigenvalue weighted by atomic mass is 16.5. The number of hydrogen-bond donors (Lipinski definition) is 0. The average Bonchev–Trinajstić information content (AvgIpc) is 2.48. The van der Waals surface area contributed by atoms with E-state index in [1.165, 1.54) is 0 Å². The molecule has 0 saturated carbocycles. The monoisotopic (exact) mass is 271 g/mol. The van der Waals surface area contributed by atoms with E-state index in [2.05, 4.69) is 4.98 Å². The number of rotatable bonds is 5. The second-order valence-corrected chi connectivity index (χ2v) is 4.82. The fraction of sp³-hybridized carbons (Fsp3) is 0.250. The molecule has 0 saturated heterocycles. The number of hydrogen-bond acceptors (Lipinski definition) is 4. The van der Waals surface area contributed by atoms with E-state index < -0.39 is 5.60 Å². The van der Waals surface area contributed by atoms with Crippen LogP contribution in [0.4, 0.5) is 0 Å². The van der Waals surface area contributed by atoms with Crippen LogP contribution in [0.1, 0.15) is 29.9 Å². The average molecular weight is 271 g/mol. The minimum atomic E-state index is -0.673. The summed E-state index contributed by atoms with van der Waals surface area (Å²) in [5.74, 6) is 0.958. The van der Waals surface area contributed by atoms with Crippen molar-refractivity contribution in [3.63, 3.8) is 0 Å². The van der Waals surface area contributed by atoms with Crippen LogP contribution in [0.15, 0.2) is 42.6 Å². The van der Waals surface area contributed by atoms with Crippen LogP contribution in [0.2, 0.25) is 0 Å². The van der Waals surface area contributed by atoms with Crippen molar-refractivity contribution in [2.45, 2.75) is 19.4 Å². The van der Waals surface area contributed by atoms with Gasteiger partial charge in [-0.05, 0) is 38.1 Å². The molecule has 0 spiro atoms. The zero-order valence-corrected chi connectivity index (χ0v) is 11.8. The number of aromatic nitrogens is 1. The predicted molar refractivity (Wildman–Crippen MR) is 76.3 cm³/mol. The van der Waals surface area contributed by atoms with Crippen molar-refractivity contribution in [1.82, 2.24) is 4.98 Å². The van der Waals surface area contributed by atoms with Crippen LogP contribution in [0, 0.1) is 0 Å². The maximum atomic E-state index is 11.2. The second kappa shape index (κ2) is 5.74. The first-order chi connectivity index (χ1) is 9.58. The third kappa shape index (κ3) is 2.79. The quantitative estimate of drug-likeness (QED) is 0.783. The lowest BCUT2D eigenvalue weighted by Gasteiger charge is -2.27. The maximum Gasteiger partial charge on any atom is 0.173 e. The fourth-order valence-corrected chi connectivity index (χ4v) is 1.92. The van der Waals surface area contributed by atoms with Crippen molar-refractivity contribution in [2.24, 2.45) is 0 Å². The Morgan fingerprint density at radius 3 is 2.55 bits per heavy atom. The molecule has 0 atom stereocenters. The van der Waals surface area contributed by atoms with Crippen molar-refractivity contribution in [1.29, 1.82) is 0 Å². The zero-order valence-electron chi connectivity index (χ0n) is 11.8. The van der Waals surface area contributed by atoms with Gasteiger partial charge < -0.3 is 9.47 Å². The van der Waals surface area contributed by atoms with E-state index in [-0.39, 0.29) is 0 Å². The summed E-state index contributed by atoms with van der Waals surface area (Å²) < 4.78 is 11.3. The molecule has 104 valence electrons. The van der Waals surface area contributed by atoms with E-state index in [9.17, 15) is 4.79 Å². The molecule has 0 bridgehead atoms. The van der Waals surface area contributed by atoms with Crippen molar-refractivity contribution >= 4 is 6.29 Å². The molecule has 0 amide bonds. The van der Waals surface area contributed by atoms with Crippen molar-refractivity contribution in [3.05, 3.63) is 53.9 Å². The first-order valence-corrected chi connectivity index (χ1v) is 6.31. The van der Waals surface area contributed by atoms with Gasteiger partial charge in [0, 0.05) is 6.20 Å². The first-order valence-electron chi connectivity index (χ1n) is 6.31. The van der Waals surface area contributed by atoms with E-state index in [0.717, 1.165) is 12.0 Å². The van der Waals surface area contributed by atoms with Gasteiger partial charge in [0.1, 0.15) is 5.60 Å². The Balaban J connectivity index is 2.41. The Labute approximate surface area is 118 Å². The van der Waals surface area contributed by atoms with Gasteiger partial charge in [0.05, 0.1) is 18.4 Å². The molecular weight excluding hydrogens is 254 g/mol. The first kappa shape index (κ1) is 14.1. The molecule has 0 N–H and O–H groups in total. The van der Waals surface area contributed by atoms with Gasteiger partial charge in [-0.15, -0.1) is 0 Å². The van der Waals surface area contributed by atoms with Crippen LogP contribution in [0.3, 0.4) is 0 Å². The van der Waals surface area contributed by atoms with Gasteiger partial charge >= 0.3 is 0 Å². The van der Waals surface area contributed by atoms with Gasteiger partial charge in [-0.1, -0.05) is 12.1 Å². The summed E-state index contributed by atoms with van der Waals surface area (Å²) in [4.78, 5) is 15.5. The van der Waals surface area contributed by atoms with Gasteiger partial charge in [-0.25, -0.2) is 0 Å². The number of ether oxygens (including phenoxy) is 2. The van der Waals surface area contributed by atoms with E-state index >= 15 is 0 Å². The van der Waals surface area contributed by atoms with Crippen LogP contribution in [-0.2, 0) is 5.60 Å². The smallest absolute Gasteiger partial charge is 0.173 e. The summed E-state index contributed by atoms with van der Waals surface area (Å²) in [6.07, 6.45) is 2.47. The zero-order chi connectivity index (χ0) is 14.6. The summed E-state index contributed by atoms with van der Waals surface area (Å²) in [6.45, 7) is 3.80. The van der Waals surface area contributed by atoms with Crippen molar-refractivity contribution < 1.29 is 14.3 Å². The maximum absolute atomic E-state index is 11.2. The molecule has 20 heavy (non-hydrogen) atoms. The predicted octanol–water partition coefficient (Wildman–Crippen LogP) is 3.22. The van der Waals surface area contributed by atoms with Crippen LogP contribution in [-0.4, -0.2) is 18.4 Å². The highest BCUT2D eigenvalue weighted by molar-refractivity contribution is 5.81. The highest BCUT2D eigenvalue weighted by Gasteiger charge is 2.26. The Morgan fingerprint density at radius 1 is 1.15 bits per heavy atom. The molecule has 0 aliphatic carbocycles. The number of carbonyl (C=O) groups is 1. The molecule has 0 aliphatic rings. The number of pyridine rings is 1. The van der Waals surface area contributed by atoms with Gasteiger partial charge in [-0.3, -0.25) is 9.78 Å². The van der Waals surface area contributed by atoms with Crippen LogP contribution < -0.4 is 9.47 Å². The van der Waals surface area contributed by atoms with Crippen LogP contribution in [0.25, 0.3) is 0 Å². The lowest BCUT2D eigenvalue weighted by atomic mass is 10.0. The largest absolute Gasteiger partial charge is 0.493 e. The van der Waals surface area contributed by atoms with Gasteiger partial charge in [0.15, 0.2) is 17.8 Å². The van der Waals surface area contributed by atoms with Gasteiger partial charge in [0.2, 0.25) is 0 Å².